The van der Waals surface area contributed by atoms with Crippen LogP contribution in [-0.2, 0) is 18.4 Å². The van der Waals surface area contributed by atoms with Crippen molar-refractivity contribution in [3.63, 3.8) is 0 Å². The molecule has 1 amide bonds. The van der Waals surface area contributed by atoms with E-state index in [4.69, 9.17) is 9.05 Å². The highest BCUT2D eigenvalue weighted by Crippen LogP contribution is 2.38. The Balaban J connectivity index is 4.63. The predicted octanol–water partition coefficient (Wildman–Crippen LogP) is 8.05. The van der Waals surface area contributed by atoms with Crippen LogP contribution in [0.4, 0.5) is 0 Å². The monoisotopic (exact) mass is 759 g/mol. The van der Waals surface area contributed by atoms with E-state index in [1.807, 2.05) is 33.3 Å². The first-order valence-corrected chi connectivity index (χ1v) is 22.0. The van der Waals surface area contributed by atoms with E-state index in [0.29, 0.717) is 30.3 Å². The molecule has 0 aliphatic carbocycles. The second-order valence-electron chi connectivity index (χ2n) is 15.3. The minimum atomic E-state index is -4.62. The number of carbonyl (C=O) groups is 1. The largest absolute Gasteiger partial charge is 0.756 e. The molecule has 0 rings (SSSR count). The standard InChI is InChI=1S/C41H79N2O8P/c1-6-8-10-12-14-15-16-17-18-19-20-23-26-30-38(44)37(36-51-52(48,49)50-35-34-43(3,4)5)42-41(47)33-29-25-21-24-28-32-40(46)39(45)31-27-22-13-11-9-7-2/h10,12,22,26-27,30,37-40,44-46H,6-9,11,13-21,23-25,28-29,31-36H2,1-5H3,(H-,42,47,48,49)/b12-10-,27-22-,30-26+/t37-,38+,39-,40-/m0/s1. The molecule has 1 unspecified atom stereocenters. The molecule has 5 atom stereocenters. The second kappa shape index (κ2) is 33.0. The first-order chi connectivity index (χ1) is 24.8. The number of quaternary nitrogens is 1. The molecule has 0 spiro atoms. The summed E-state index contributed by atoms with van der Waals surface area (Å²) in [4.78, 5) is 25.2. The molecule has 0 heterocycles. The van der Waals surface area contributed by atoms with Crippen LogP contribution in [0, 0.1) is 0 Å². The van der Waals surface area contributed by atoms with Gasteiger partial charge in [0, 0.05) is 6.42 Å². The number of phosphoric ester groups is 1. The number of allylic oxidation sites excluding steroid dienone is 4. The predicted molar refractivity (Wildman–Crippen MR) is 213 cm³/mol. The molecule has 0 saturated heterocycles. The quantitative estimate of drug-likeness (QED) is 0.0217. The summed E-state index contributed by atoms with van der Waals surface area (Å²) in [5.74, 6) is -0.283. The summed E-state index contributed by atoms with van der Waals surface area (Å²) < 4.78 is 23.1. The fourth-order valence-electron chi connectivity index (χ4n) is 5.53. The molecule has 52 heavy (non-hydrogen) atoms. The maximum atomic E-state index is 12.8. The summed E-state index contributed by atoms with van der Waals surface area (Å²) in [6, 6.07) is -0.946. The van der Waals surface area contributed by atoms with Crippen molar-refractivity contribution in [2.75, 3.05) is 40.9 Å². The first-order valence-electron chi connectivity index (χ1n) is 20.5. The van der Waals surface area contributed by atoms with Crippen molar-refractivity contribution in [3.8, 4) is 0 Å². The number of aliphatic hydroxyl groups excluding tert-OH is 3. The van der Waals surface area contributed by atoms with E-state index in [1.54, 1.807) is 6.08 Å². The number of carbonyl (C=O) groups excluding carboxylic acids is 1. The number of aliphatic hydroxyl groups is 3. The Morgan fingerprint density at radius 2 is 1.27 bits per heavy atom. The van der Waals surface area contributed by atoms with E-state index in [-0.39, 0.29) is 18.9 Å². The van der Waals surface area contributed by atoms with Crippen molar-refractivity contribution < 1.29 is 43.1 Å². The van der Waals surface area contributed by atoms with Gasteiger partial charge < -0.3 is 39.1 Å². The minimum Gasteiger partial charge on any atom is -0.756 e. The number of phosphoric acid groups is 1. The van der Waals surface area contributed by atoms with E-state index < -0.39 is 38.8 Å². The molecule has 0 aliphatic heterocycles. The Morgan fingerprint density at radius 1 is 0.712 bits per heavy atom. The number of hydrogen-bond donors (Lipinski definition) is 4. The van der Waals surface area contributed by atoms with Gasteiger partial charge in [-0.25, -0.2) is 0 Å². The zero-order valence-electron chi connectivity index (χ0n) is 33.7. The van der Waals surface area contributed by atoms with Crippen LogP contribution in [-0.4, -0.2) is 91.0 Å². The zero-order chi connectivity index (χ0) is 38.9. The van der Waals surface area contributed by atoms with Crippen LogP contribution in [0.1, 0.15) is 155 Å². The summed E-state index contributed by atoms with van der Waals surface area (Å²) in [5, 5.41) is 34.1. The van der Waals surface area contributed by atoms with Gasteiger partial charge in [0.2, 0.25) is 5.91 Å². The Morgan fingerprint density at radius 3 is 1.90 bits per heavy atom. The number of likely N-dealkylation sites (N-methyl/N-ethyl adjacent to an activating group) is 1. The number of amides is 1. The van der Waals surface area contributed by atoms with Crippen molar-refractivity contribution in [3.05, 3.63) is 36.5 Å². The highest BCUT2D eigenvalue weighted by Gasteiger charge is 2.23. The van der Waals surface area contributed by atoms with E-state index >= 15 is 0 Å². The highest BCUT2D eigenvalue weighted by molar-refractivity contribution is 7.45. The second-order valence-corrected chi connectivity index (χ2v) is 16.7. The van der Waals surface area contributed by atoms with Gasteiger partial charge in [-0.15, -0.1) is 0 Å². The third kappa shape index (κ3) is 33.2. The lowest BCUT2D eigenvalue weighted by atomic mass is 10.0. The van der Waals surface area contributed by atoms with Crippen molar-refractivity contribution in [1.82, 2.24) is 5.32 Å². The van der Waals surface area contributed by atoms with Crippen LogP contribution in [0.15, 0.2) is 36.5 Å². The summed E-state index contributed by atoms with van der Waals surface area (Å²) in [7, 11) is 1.15. The molecular weight excluding hydrogens is 679 g/mol. The smallest absolute Gasteiger partial charge is 0.268 e. The van der Waals surface area contributed by atoms with E-state index in [1.165, 1.54) is 44.9 Å². The fourth-order valence-corrected chi connectivity index (χ4v) is 6.25. The first kappa shape index (κ1) is 50.6. The van der Waals surface area contributed by atoms with Crippen LogP contribution in [0.3, 0.4) is 0 Å². The Labute approximate surface area is 318 Å². The molecule has 0 saturated carbocycles. The highest BCUT2D eigenvalue weighted by atomic mass is 31.2. The molecule has 4 N–H and O–H groups in total. The molecule has 0 aromatic rings. The summed E-state index contributed by atoms with van der Waals surface area (Å²) in [6.45, 7) is 4.37. The van der Waals surface area contributed by atoms with E-state index in [0.717, 1.165) is 70.6 Å². The summed E-state index contributed by atoms with van der Waals surface area (Å²) >= 11 is 0. The van der Waals surface area contributed by atoms with Crippen LogP contribution >= 0.6 is 7.82 Å². The molecule has 0 aromatic carbocycles. The average molecular weight is 759 g/mol. The van der Waals surface area contributed by atoms with E-state index in [2.05, 4.69) is 37.4 Å². The van der Waals surface area contributed by atoms with Gasteiger partial charge in [0.1, 0.15) is 13.2 Å². The number of nitrogens with zero attached hydrogens (tertiary/aromatic N) is 1. The minimum absolute atomic E-state index is 0.0319. The maximum absolute atomic E-state index is 12.8. The molecule has 0 radical (unpaired) electrons. The summed E-state index contributed by atoms with van der Waals surface area (Å²) in [6.07, 6.45) is 30.6. The maximum Gasteiger partial charge on any atom is 0.268 e. The van der Waals surface area contributed by atoms with Crippen molar-refractivity contribution in [2.24, 2.45) is 0 Å². The Hall–Kier alpha value is -1.36. The Kier molecular flexibility index (Phi) is 32.2. The Bertz CT molecular complexity index is 984. The molecule has 10 nitrogen and oxygen atoms in total. The number of unbranched alkanes of at least 4 members (excludes halogenated alkanes) is 15. The molecule has 0 aromatic heterocycles. The summed E-state index contributed by atoms with van der Waals surface area (Å²) in [5.41, 5.74) is 0. The lowest BCUT2D eigenvalue weighted by Gasteiger charge is -2.29. The van der Waals surface area contributed by atoms with Crippen molar-refractivity contribution in [2.45, 2.75) is 179 Å². The van der Waals surface area contributed by atoms with Gasteiger partial charge in [0.25, 0.3) is 7.82 Å². The molecule has 11 heteroatoms. The number of rotatable bonds is 36. The van der Waals surface area contributed by atoms with Crippen LogP contribution < -0.4 is 10.2 Å². The molecular formula is C41H79N2O8P. The van der Waals surface area contributed by atoms with Gasteiger partial charge in [-0.2, -0.15) is 0 Å². The topological polar surface area (TPSA) is 148 Å². The van der Waals surface area contributed by atoms with Crippen molar-refractivity contribution in [1.29, 1.82) is 0 Å². The third-order valence-electron chi connectivity index (χ3n) is 9.00. The lowest BCUT2D eigenvalue weighted by molar-refractivity contribution is -0.870. The van der Waals surface area contributed by atoms with Crippen molar-refractivity contribution >= 4 is 13.7 Å². The fraction of sp³-hybridized carbons (Fsp3) is 0.829. The normalized spacial score (nSPS) is 16.1. The zero-order valence-corrected chi connectivity index (χ0v) is 34.6. The van der Waals surface area contributed by atoms with Gasteiger partial charge in [0.05, 0.1) is 52.1 Å². The van der Waals surface area contributed by atoms with Crippen LogP contribution in [0.5, 0.6) is 0 Å². The van der Waals surface area contributed by atoms with Gasteiger partial charge in [-0.3, -0.25) is 9.36 Å². The molecule has 0 fully saturated rings. The van der Waals surface area contributed by atoms with Gasteiger partial charge >= 0.3 is 0 Å². The molecule has 0 bridgehead atoms. The van der Waals surface area contributed by atoms with Crippen LogP contribution in [0.2, 0.25) is 0 Å². The lowest BCUT2D eigenvalue weighted by Crippen LogP contribution is -2.45. The number of nitrogens with one attached hydrogen (secondary N) is 1. The van der Waals surface area contributed by atoms with Crippen LogP contribution in [0.25, 0.3) is 0 Å². The van der Waals surface area contributed by atoms with Gasteiger partial charge in [-0.05, 0) is 64.2 Å². The molecule has 0 aliphatic rings. The average Bonchev–Trinajstić information content (AvgIpc) is 3.08. The van der Waals surface area contributed by atoms with E-state index in [9.17, 15) is 29.6 Å². The third-order valence-corrected chi connectivity index (χ3v) is 9.96. The van der Waals surface area contributed by atoms with Gasteiger partial charge in [0.15, 0.2) is 0 Å². The van der Waals surface area contributed by atoms with Gasteiger partial charge in [-0.1, -0.05) is 121 Å². The number of hydrogen-bond acceptors (Lipinski definition) is 8. The SMILES string of the molecule is CCC/C=C\CCCCCCCC/C=C/[C@@H](O)[C@H](COP(=O)([O-])OCC[N+](C)(C)C)NC(=O)CCCCCCC[C@H](O)[C@@H](O)C/C=C\CCCCC. The molecule has 306 valence electrons.